The third-order valence-electron chi connectivity index (χ3n) is 2.08. The van der Waals surface area contributed by atoms with Crippen LogP contribution in [0.3, 0.4) is 0 Å². The molecule has 0 saturated carbocycles. The van der Waals surface area contributed by atoms with Crippen LogP contribution in [0.5, 0.6) is 0 Å². The van der Waals surface area contributed by atoms with Gasteiger partial charge in [0, 0.05) is 0 Å². The Morgan fingerprint density at radius 2 is 1.69 bits per heavy atom. The van der Waals surface area contributed by atoms with E-state index in [9.17, 15) is 0 Å². The molecule has 0 atom stereocenters. The molecule has 0 aromatic carbocycles. The second kappa shape index (κ2) is 4.54. The monoisotopic (exact) mass is 176 g/mol. The van der Waals surface area contributed by atoms with Crippen molar-refractivity contribution in [1.29, 1.82) is 0 Å². The fraction of sp³-hybridized carbons (Fsp3) is 0.500. The van der Waals surface area contributed by atoms with Gasteiger partial charge in [-0.05, 0) is 0 Å². The van der Waals surface area contributed by atoms with E-state index in [4.69, 9.17) is 0 Å². The van der Waals surface area contributed by atoms with Crippen molar-refractivity contribution in [3.05, 3.63) is 29.6 Å². The molecule has 1 aromatic heterocycles. The molecular formula is C10H17BN2. The van der Waals surface area contributed by atoms with E-state index in [1.165, 1.54) is 5.46 Å². The summed E-state index contributed by atoms with van der Waals surface area (Å²) in [4.78, 5) is 4.41. The summed E-state index contributed by atoms with van der Waals surface area (Å²) in [6, 6.07) is 6.28. The molecule has 0 aliphatic rings. The van der Waals surface area contributed by atoms with Crippen molar-refractivity contribution in [2.24, 2.45) is 0 Å². The van der Waals surface area contributed by atoms with Crippen LogP contribution in [0.15, 0.2) is 24.2 Å². The maximum atomic E-state index is 2.20. The van der Waals surface area contributed by atoms with Crippen molar-refractivity contribution in [2.75, 3.05) is 28.2 Å². The van der Waals surface area contributed by atoms with Crippen LogP contribution in [-0.2, 0) is 0 Å². The number of rotatable bonds is 3. The molecule has 0 amide bonds. The summed E-state index contributed by atoms with van der Waals surface area (Å²) in [5.41, 5.74) is 1.33. The first-order valence-corrected chi connectivity index (χ1v) is 4.50. The second-order valence-electron chi connectivity index (χ2n) is 3.71. The average Bonchev–Trinajstić information content (AvgIpc) is 2.04. The van der Waals surface area contributed by atoms with Crippen molar-refractivity contribution in [2.45, 2.75) is 6.17 Å². The predicted octanol–water partition coefficient (Wildman–Crippen LogP) is 1.15. The van der Waals surface area contributed by atoms with Gasteiger partial charge in [0.25, 0.3) is 0 Å². The molecule has 13 heavy (non-hydrogen) atoms. The van der Waals surface area contributed by atoms with Crippen LogP contribution in [0.1, 0.15) is 11.6 Å². The van der Waals surface area contributed by atoms with Gasteiger partial charge in [-0.3, -0.25) is 0 Å². The van der Waals surface area contributed by atoms with Crippen molar-refractivity contribution in [3.63, 3.8) is 0 Å². The quantitative estimate of drug-likeness (QED) is 0.637. The zero-order chi connectivity index (χ0) is 9.84. The Labute approximate surface area is 81.4 Å². The Morgan fingerprint density at radius 3 is 2.08 bits per heavy atom. The SMILES string of the molecule is CN(C)C(c1bcccc1)N(C)C. The van der Waals surface area contributed by atoms with Gasteiger partial charge in [0.2, 0.25) is 0 Å². The van der Waals surface area contributed by atoms with Gasteiger partial charge in [-0.25, -0.2) is 0 Å². The van der Waals surface area contributed by atoms with Crippen molar-refractivity contribution in [3.8, 4) is 0 Å². The summed E-state index contributed by atoms with van der Waals surface area (Å²) in [7, 11) is 8.38. The van der Waals surface area contributed by atoms with Gasteiger partial charge >= 0.3 is 80.7 Å². The first-order chi connectivity index (χ1) is 6.13. The molecule has 2 nitrogen and oxygen atoms in total. The van der Waals surface area contributed by atoms with Crippen LogP contribution in [0, 0.1) is 0 Å². The summed E-state index contributed by atoms with van der Waals surface area (Å²) >= 11 is 0. The molecule has 1 aromatic rings. The normalized spacial score (nSPS) is 11.3. The number of hydrogen-bond acceptors (Lipinski definition) is 2. The van der Waals surface area contributed by atoms with Crippen molar-refractivity contribution in [1.82, 2.24) is 9.80 Å². The van der Waals surface area contributed by atoms with Crippen LogP contribution < -0.4 is 0 Å². The fourth-order valence-corrected chi connectivity index (χ4v) is 1.68. The Kier molecular flexibility index (Phi) is 3.64. The molecule has 0 aliphatic heterocycles. The van der Waals surface area contributed by atoms with Crippen molar-refractivity contribution >= 4 is 6.91 Å². The van der Waals surface area contributed by atoms with Crippen LogP contribution in [-0.4, -0.2) is 44.9 Å². The third kappa shape index (κ3) is 2.64. The molecule has 0 N–H and O–H groups in total. The number of nitrogens with zero attached hydrogens (tertiary/aromatic N) is 2. The molecule has 0 radical (unpaired) electrons. The molecule has 70 valence electrons. The molecule has 1 heterocycles. The van der Waals surface area contributed by atoms with Gasteiger partial charge in [0.15, 0.2) is 0 Å². The molecule has 0 aliphatic carbocycles. The van der Waals surface area contributed by atoms with Crippen molar-refractivity contribution < 1.29 is 0 Å². The van der Waals surface area contributed by atoms with E-state index < -0.39 is 0 Å². The van der Waals surface area contributed by atoms with Crippen LogP contribution in [0.2, 0.25) is 0 Å². The van der Waals surface area contributed by atoms with Gasteiger partial charge in [0.1, 0.15) is 0 Å². The standard InChI is InChI=1S/C10H17BN2/c1-12(2)10(13(3)4)9-7-5-6-8-11-9/h5-8,10H,1-4H3. The van der Waals surface area contributed by atoms with E-state index in [0.717, 1.165) is 0 Å². The Bertz CT molecular complexity index is 238. The molecule has 0 spiro atoms. The molecule has 0 fully saturated rings. The Morgan fingerprint density at radius 1 is 1.08 bits per heavy atom. The Hall–Kier alpha value is -0.665. The summed E-state index contributed by atoms with van der Waals surface area (Å²) in [5, 5.41) is 0. The van der Waals surface area contributed by atoms with Crippen LogP contribution in [0.4, 0.5) is 0 Å². The first kappa shape index (κ1) is 10.4. The molecule has 3 heteroatoms. The Balaban J connectivity index is 2.89. The first-order valence-electron chi connectivity index (χ1n) is 4.50. The van der Waals surface area contributed by atoms with Gasteiger partial charge in [0.05, 0.1) is 0 Å². The molecule has 0 saturated heterocycles. The molecular weight excluding hydrogens is 159 g/mol. The van der Waals surface area contributed by atoms with Gasteiger partial charge < -0.3 is 0 Å². The van der Waals surface area contributed by atoms with Crippen LogP contribution >= 0.6 is 0 Å². The number of hydrogen-bond donors (Lipinski definition) is 0. The summed E-state index contributed by atoms with van der Waals surface area (Å²) in [6.07, 6.45) is 0.362. The van der Waals surface area contributed by atoms with E-state index in [1.807, 2.05) is 6.07 Å². The summed E-state index contributed by atoms with van der Waals surface area (Å²) < 4.78 is 0. The third-order valence-corrected chi connectivity index (χ3v) is 2.08. The summed E-state index contributed by atoms with van der Waals surface area (Å²) in [6.45, 7) is 2.16. The van der Waals surface area contributed by atoms with Gasteiger partial charge in [-0.2, -0.15) is 0 Å². The zero-order valence-corrected chi connectivity index (χ0v) is 8.86. The van der Waals surface area contributed by atoms with E-state index in [0.29, 0.717) is 6.17 Å². The maximum absolute atomic E-state index is 2.20. The fourth-order valence-electron chi connectivity index (χ4n) is 1.68. The van der Waals surface area contributed by atoms with E-state index in [2.05, 4.69) is 63.0 Å². The zero-order valence-electron chi connectivity index (χ0n) is 8.86. The summed E-state index contributed by atoms with van der Waals surface area (Å²) in [5.74, 6) is 2.08. The molecule has 1 rings (SSSR count). The topological polar surface area (TPSA) is 6.48 Å². The van der Waals surface area contributed by atoms with Gasteiger partial charge in [-0.15, -0.1) is 0 Å². The van der Waals surface area contributed by atoms with E-state index in [-0.39, 0.29) is 0 Å². The van der Waals surface area contributed by atoms with E-state index >= 15 is 0 Å². The predicted molar refractivity (Wildman–Crippen MR) is 57.9 cm³/mol. The second-order valence-corrected chi connectivity index (χ2v) is 3.71. The van der Waals surface area contributed by atoms with Gasteiger partial charge in [-0.1, -0.05) is 0 Å². The minimum absolute atomic E-state index is 0.362. The van der Waals surface area contributed by atoms with E-state index in [1.54, 1.807) is 0 Å². The average molecular weight is 176 g/mol. The van der Waals surface area contributed by atoms with Crippen LogP contribution in [0.25, 0.3) is 0 Å². The molecule has 0 bridgehead atoms. The molecule has 0 unspecified atom stereocenters. The minimum atomic E-state index is 0.362.